The zero-order valence-electron chi connectivity index (χ0n) is 7.51. The van der Waals surface area contributed by atoms with Crippen molar-refractivity contribution in [3.8, 4) is 5.75 Å². The van der Waals surface area contributed by atoms with Gasteiger partial charge in [-0.3, -0.25) is 0 Å². The molecule has 0 aromatic heterocycles. The second-order valence-electron chi connectivity index (χ2n) is 2.68. The molecule has 0 aliphatic heterocycles. The molecule has 0 saturated carbocycles. The number of phenolic OH excluding ortho intramolecular Hbond substituents is 1. The van der Waals surface area contributed by atoms with E-state index < -0.39 is 34.8 Å². The van der Waals surface area contributed by atoms with Crippen molar-refractivity contribution in [2.24, 2.45) is 5.73 Å². The van der Waals surface area contributed by atoms with Crippen LogP contribution in [0.25, 0.3) is 0 Å². The Bertz CT molecular complexity index is 384. The Kier molecular flexibility index (Phi) is 4.64. The van der Waals surface area contributed by atoms with Crippen LogP contribution in [0.3, 0.4) is 0 Å². The third-order valence-electron chi connectivity index (χ3n) is 1.77. The Morgan fingerprint density at radius 2 is 1.87 bits per heavy atom. The molecule has 15 heavy (non-hydrogen) atoms. The predicted octanol–water partition coefficient (Wildman–Crippen LogP) is 2.42. The molecule has 0 amide bonds. The lowest BCUT2D eigenvalue weighted by atomic mass is 10.1. The molecule has 2 nitrogen and oxygen atoms in total. The van der Waals surface area contributed by atoms with Crippen molar-refractivity contribution >= 4 is 12.4 Å². The number of hydrogen-bond acceptors (Lipinski definition) is 2. The first-order chi connectivity index (χ1) is 6.49. The van der Waals surface area contributed by atoms with Gasteiger partial charge in [0.05, 0.1) is 11.6 Å². The zero-order valence-corrected chi connectivity index (χ0v) is 8.32. The summed E-state index contributed by atoms with van der Waals surface area (Å²) in [6.07, 6.45) is 1.11. The standard InChI is InChI=1S/C9H8F3NO.ClH/c1-2-5(13)7-6(14)3-4(10)8(11)9(7)12;/h2-3,5,14H,1,13H2;1H/t5-;/m0./s1. The van der Waals surface area contributed by atoms with E-state index >= 15 is 0 Å². The Labute approximate surface area is 90.6 Å². The highest BCUT2D eigenvalue weighted by Crippen LogP contribution is 2.29. The quantitative estimate of drug-likeness (QED) is 0.615. The van der Waals surface area contributed by atoms with Gasteiger partial charge in [0.1, 0.15) is 5.75 Å². The molecule has 0 heterocycles. The minimum absolute atomic E-state index is 0. The summed E-state index contributed by atoms with van der Waals surface area (Å²) in [7, 11) is 0. The lowest BCUT2D eigenvalue weighted by Gasteiger charge is -2.11. The van der Waals surface area contributed by atoms with Crippen LogP contribution in [-0.2, 0) is 0 Å². The van der Waals surface area contributed by atoms with Crippen molar-refractivity contribution in [2.75, 3.05) is 0 Å². The monoisotopic (exact) mass is 239 g/mol. The fourth-order valence-electron chi connectivity index (χ4n) is 1.03. The first-order valence-electron chi connectivity index (χ1n) is 3.73. The summed E-state index contributed by atoms with van der Waals surface area (Å²) in [6.45, 7) is 3.25. The van der Waals surface area contributed by atoms with E-state index in [1.165, 1.54) is 0 Å². The van der Waals surface area contributed by atoms with Crippen LogP contribution in [0, 0.1) is 17.5 Å². The third kappa shape index (κ3) is 2.43. The molecule has 0 saturated heterocycles. The lowest BCUT2D eigenvalue weighted by Crippen LogP contribution is -2.11. The fraction of sp³-hybridized carbons (Fsp3) is 0.111. The zero-order chi connectivity index (χ0) is 10.9. The van der Waals surface area contributed by atoms with Crippen molar-refractivity contribution in [1.29, 1.82) is 0 Å². The van der Waals surface area contributed by atoms with Gasteiger partial charge in [-0.1, -0.05) is 6.08 Å². The number of halogens is 4. The van der Waals surface area contributed by atoms with Gasteiger partial charge in [-0.15, -0.1) is 19.0 Å². The Hall–Kier alpha value is -1.20. The highest BCUT2D eigenvalue weighted by Gasteiger charge is 2.21. The molecule has 0 unspecified atom stereocenters. The molecule has 0 aliphatic rings. The molecule has 0 spiro atoms. The first kappa shape index (κ1) is 13.8. The van der Waals surface area contributed by atoms with E-state index in [1.807, 2.05) is 0 Å². The SMILES string of the molecule is C=C[C@H](N)c1c(O)cc(F)c(F)c1F.Cl. The van der Waals surface area contributed by atoms with Gasteiger partial charge in [0, 0.05) is 6.07 Å². The molecule has 1 atom stereocenters. The Balaban J connectivity index is 0.00000196. The van der Waals surface area contributed by atoms with Gasteiger partial charge in [-0.25, -0.2) is 13.2 Å². The topological polar surface area (TPSA) is 46.2 Å². The van der Waals surface area contributed by atoms with E-state index in [0.717, 1.165) is 6.08 Å². The molecule has 0 aliphatic carbocycles. The number of aromatic hydroxyl groups is 1. The smallest absolute Gasteiger partial charge is 0.195 e. The van der Waals surface area contributed by atoms with Gasteiger partial charge < -0.3 is 10.8 Å². The second kappa shape index (κ2) is 5.04. The number of rotatable bonds is 2. The molecule has 84 valence electrons. The molecular formula is C9H9ClF3NO. The maximum absolute atomic E-state index is 13.1. The average molecular weight is 240 g/mol. The van der Waals surface area contributed by atoms with E-state index in [4.69, 9.17) is 10.8 Å². The Morgan fingerprint density at radius 3 is 2.33 bits per heavy atom. The minimum Gasteiger partial charge on any atom is -0.507 e. The van der Waals surface area contributed by atoms with Crippen LogP contribution < -0.4 is 5.73 Å². The van der Waals surface area contributed by atoms with Crippen LogP contribution in [0.15, 0.2) is 18.7 Å². The van der Waals surface area contributed by atoms with Crippen molar-refractivity contribution in [2.45, 2.75) is 6.04 Å². The summed E-state index contributed by atoms with van der Waals surface area (Å²) < 4.78 is 38.3. The van der Waals surface area contributed by atoms with Gasteiger partial charge >= 0.3 is 0 Å². The normalized spacial score (nSPS) is 11.7. The van der Waals surface area contributed by atoms with E-state index in [1.54, 1.807) is 0 Å². The fourth-order valence-corrected chi connectivity index (χ4v) is 1.03. The van der Waals surface area contributed by atoms with E-state index in [0.29, 0.717) is 6.07 Å². The van der Waals surface area contributed by atoms with Gasteiger partial charge in [-0.05, 0) is 0 Å². The van der Waals surface area contributed by atoms with E-state index in [-0.39, 0.29) is 12.4 Å². The summed E-state index contributed by atoms with van der Waals surface area (Å²) in [5.41, 5.74) is 4.81. The number of benzene rings is 1. The molecule has 1 aromatic rings. The minimum atomic E-state index is -1.66. The van der Waals surface area contributed by atoms with Crippen molar-refractivity contribution in [3.05, 3.63) is 41.7 Å². The molecule has 6 heteroatoms. The number of nitrogens with two attached hydrogens (primary N) is 1. The highest BCUT2D eigenvalue weighted by atomic mass is 35.5. The molecular weight excluding hydrogens is 231 g/mol. The maximum Gasteiger partial charge on any atom is 0.195 e. The van der Waals surface area contributed by atoms with Crippen LogP contribution in [-0.4, -0.2) is 5.11 Å². The highest BCUT2D eigenvalue weighted by molar-refractivity contribution is 5.85. The lowest BCUT2D eigenvalue weighted by molar-refractivity contribution is 0.406. The van der Waals surface area contributed by atoms with E-state index in [9.17, 15) is 13.2 Å². The summed E-state index contributed by atoms with van der Waals surface area (Å²) in [5.74, 6) is -5.33. The van der Waals surface area contributed by atoms with Gasteiger partial charge in [0.2, 0.25) is 0 Å². The van der Waals surface area contributed by atoms with Crippen molar-refractivity contribution < 1.29 is 18.3 Å². The molecule has 0 radical (unpaired) electrons. The predicted molar refractivity (Wildman–Crippen MR) is 52.4 cm³/mol. The second-order valence-corrected chi connectivity index (χ2v) is 2.68. The molecule has 0 bridgehead atoms. The van der Waals surface area contributed by atoms with Crippen molar-refractivity contribution in [3.63, 3.8) is 0 Å². The summed E-state index contributed by atoms with van der Waals surface area (Å²) >= 11 is 0. The van der Waals surface area contributed by atoms with Crippen molar-refractivity contribution in [1.82, 2.24) is 0 Å². The molecule has 3 N–H and O–H groups in total. The molecule has 0 fully saturated rings. The van der Waals surface area contributed by atoms with Crippen LogP contribution in [0.4, 0.5) is 13.2 Å². The number of phenols is 1. The third-order valence-corrected chi connectivity index (χ3v) is 1.77. The maximum atomic E-state index is 13.1. The van der Waals surface area contributed by atoms with Gasteiger partial charge in [0.15, 0.2) is 17.5 Å². The van der Waals surface area contributed by atoms with Crippen LogP contribution in [0.1, 0.15) is 11.6 Å². The number of hydrogen-bond donors (Lipinski definition) is 2. The van der Waals surface area contributed by atoms with E-state index in [2.05, 4.69) is 6.58 Å². The first-order valence-corrected chi connectivity index (χ1v) is 3.73. The summed E-state index contributed by atoms with van der Waals surface area (Å²) in [6, 6.07) is -0.609. The van der Waals surface area contributed by atoms with Gasteiger partial charge in [-0.2, -0.15) is 0 Å². The molecule has 1 rings (SSSR count). The average Bonchev–Trinajstić information content (AvgIpc) is 2.14. The summed E-state index contributed by atoms with van der Waals surface area (Å²) in [5, 5.41) is 9.12. The van der Waals surface area contributed by atoms with Crippen LogP contribution >= 0.6 is 12.4 Å². The Morgan fingerprint density at radius 1 is 1.33 bits per heavy atom. The largest absolute Gasteiger partial charge is 0.507 e. The van der Waals surface area contributed by atoms with Gasteiger partial charge in [0.25, 0.3) is 0 Å². The van der Waals surface area contributed by atoms with Crippen LogP contribution in [0.2, 0.25) is 0 Å². The van der Waals surface area contributed by atoms with Crippen LogP contribution in [0.5, 0.6) is 5.75 Å². The molecule has 1 aromatic carbocycles. The summed E-state index contributed by atoms with van der Waals surface area (Å²) in [4.78, 5) is 0.